The maximum absolute atomic E-state index is 13.5. The number of rotatable bonds is 11. The van der Waals surface area contributed by atoms with Gasteiger partial charge in [-0.15, -0.1) is 0 Å². The molecule has 1 saturated carbocycles. The van der Waals surface area contributed by atoms with Gasteiger partial charge in [0.1, 0.15) is 23.4 Å². The van der Waals surface area contributed by atoms with E-state index in [0.717, 1.165) is 24.6 Å². The van der Waals surface area contributed by atoms with E-state index in [1.165, 1.54) is 22.6 Å². The quantitative estimate of drug-likeness (QED) is 0.307. The van der Waals surface area contributed by atoms with E-state index in [-0.39, 0.29) is 29.0 Å². The number of aromatic nitrogens is 1. The number of nitrogens with one attached hydrogen (secondary N) is 1. The van der Waals surface area contributed by atoms with Crippen molar-refractivity contribution in [3.8, 4) is 5.75 Å². The topological polar surface area (TPSA) is 162 Å². The lowest BCUT2D eigenvalue weighted by molar-refractivity contribution is -0.0312. The summed E-state index contributed by atoms with van der Waals surface area (Å²) in [6, 6.07) is 7.88. The van der Waals surface area contributed by atoms with Crippen molar-refractivity contribution < 1.29 is 36.5 Å². The van der Waals surface area contributed by atoms with Crippen LogP contribution >= 0.6 is 0 Å². The molecule has 4 aliphatic rings. The van der Waals surface area contributed by atoms with E-state index < -0.39 is 42.9 Å². The molecule has 3 aliphatic heterocycles. The highest BCUT2D eigenvalue weighted by Gasteiger charge is 2.54. The molecule has 4 heterocycles. The zero-order valence-electron chi connectivity index (χ0n) is 25.8. The number of hydrogen-bond donors (Lipinski definition) is 3. The number of likely N-dealkylation sites (N-methyl/N-ethyl adjacent to an activating group) is 2. The number of pyridine rings is 1. The molecule has 6 rings (SSSR count). The smallest absolute Gasteiger partial charge is 0.244 e. The molecule has 1 aromatic carbocycles. The third-order valence-corrected chi connectivity index (χ3v) is 14.1. The number of nitrogens with zero attached hydrogens (tertiary/aromatic N) is 4. The first kappa shape index (κ1) is 32.4. The monoisotopic (exact) mass is 665 g/mol. The summed E-state index contributed by atoms with van der Waals surface area (Å²) >= 11 is 0. The molecule has 0 radical (unpaired) electrons. The molecule has 1 aromatic heterocycles. The van der Waals surface area contributed by atoms with Gasteiger partial charge >= 0.3 is 0 Å². The number of benzene rings is 1. The predicted molar refractivity (Wildman–Crippen MR) is 168 cm³/mol. The van der Waals surface area contributed by atoms with Gasteiger partial charge in [-0.25, -0.2) is 21.8 Å². The van der Waals surface area contributed by atoms with Crippen molar-refractivity contribution in [3.05, 3.63) is 36.5 Å². The van der Waals surface area contributed by atoms with Gasteiger partial charge in [0.25, 0.3) is 0 Å². The van der Waals surface area contributed by atoms with Crippen molar-refractivity contribution in [2.24, 2.45) is 0 Å². The highest BCUT2D eigenvalue weighted by Crippen LogP contribution is 2.46. The molecule has 2 aromatic rings. The Hall–Kier alpha value is -2.53. The lowest BCUT2D eigenvalue weighted by Crippen LogP contribution is -2.47. The van der Waals surface area contributed by atoms with Crippen molar-refractivity contribution in [3.63, 3.8) is 0 Å². The number of fused-ring (bicyclic) bond motifs is 1. The molecular weight excluding hydrogens is 622 g/mol. The second-order valence-corrected chi connectivity index (χ2v) is 17.1. The van der Waals surface area contributed by atoms with Crippen LogP contribution in [-0.4, -0.2) is 125 Å². The standard InChI is InChI=1S/C30H43N5O8S2/c1-33-12-13-34(2)28-27(33)15-26(18-32-28)45(40,41)35-10-8-29(9-11-35)16-22(19-43-29)31-17-23(37)20-42-24-4-3-5-25(14-24)44(38,39)30(21-36)6-7-30/h3-5,14-15,18,22-23,31,36-37H,6-13,16-17,19-21H2,1-2H3. The number of ether oxygens (including phenoxy) is 2. The van der Waals surface area contributed by atoms with Gasteiger partial charge in [-0.05, 0) is 56.4 Å². The van der Waals surface area contributed by atoms with Crippen LogP contribution in [0.3, 0.4) is 0 Å². The van der Waals surface area contributed by atoms with Crippen molar-refractivity contribution in [2.45, 2.75) is 64.4 Å². The molecule has 45 heavy (non-hydrogen) atoms. The van der Waals surface area contributed by atoms with E-state index in [4.69, 9.17) is 9.47 Å². The fraction of sp³-hybridized carbons (Fsp3) is 0.633. The van der Waals surface area contributed by atoms with Crippen molar-refractivity contribution in [1.82, 2.24) is 14.6 Å². The van der Waals surface area contributed by atoms with E-state index in [1.54, 1.807) is 18.2 Å². The average Bonchev–Trinajstić information content (AvgIpc) is 3.77. The van der Waals surface area contributed by atoms with Gasteiger partial charge in [0, 0.05) is 59.1 Å². The number of sulfone groups is 1. The van der Waals surface area contributed by atoms with Crippen LogP contribution in [-0.2, 0) is 24.6 Å². The average molecular weight is 666 g/mol. The molecule has 15 heteroatoms. The van der Waals surface area contributed by atoms with Crippen LogP contribution in [0.4, 0.5) is 11.5 Å². The minimum Gasteiger partial charge on any atom is -0.491 e. The van der Waals surface area contributed by atoms with Gasteiger partial charge in [0.05, 0.1) is 34.1 Å². The first-order valence-corrected chi connectivity index (χ1v) is 18.4. The summed E-state index contributed by atoms with van der Waals surface area (Å²) < 4.78 is 65.2. The van der Waals surface area contributed by atoms with Gasteiger partial charge in [-0.1, -0.05) is 6.07 Å². The molecule has 0 amide bonds. The lowest BCUT2D eigenvalue weighted by Gasteiger charge is -2.38. The summed E-state index contributed by atoms with van der Waals surface area (Å²) in [7, 11) is -3.47. The van der Waals surface area contributed by atoms with Crippen LogP contribution < -0.4 is 19.9 Å². The van der Waals surface area contributed by atoms with Gasteiger partial charge in [-0.2, -0.15) is 4.31 Å². The molecular formula is C30H43N5O8S2. The third-order valence-electron chi connectivity index (χ3n) is 9.71. The van der Waals surface area contributed by atoms with Crippen LogP contribution in [0.25, 0.3) is 0 Å². The molecule has 0 bridgehead atoms. The fourth-order valence-electron chi connectivity index (χ4n) is 6.46. The number of aliphatic hydroxyl groups is 2. The first-order valence-electron chi connectivity index (χ1n) is 15.4. The van der Waals surface area contributed by atoms with E-state index in [0.29, 0.717) is 57.6 Å². The van der Waals surface area contributed by atoms with Gasteiger partial charge in [0.15, 0.2) is 15.7 Å². The van der Waals surface area contributed by atoms with E-state index in [9.17, 15) is 27.0 Å². The van der Waals surface area contributed by atoms with Crippen molar-refractivity contribution in [1.29, 1.82) is 0 Å². The Morgan fingerprint density at radius 3 is 2.49 bits per heavy atom. The summed E-state index contributed by atoms with van der Waals surface area (Å²) in [6.07, 6.45) is 3.35. The molecule has 1 aliphatic carbocycles. The second kappa shape index (κ2) is 12.2. The minimum atomic E-state index is -3.70. The van der Waals surface area contributed by atoms with E-state index >= 15 is 0 Å². The SMILES string of the molecule is CN1CCN(C)c2ncc(S(=O)(=O)N3CCC4(CC3)CC(NCC(O)COc3cccc(S(=O)(=O)C5(CO)CC5)c3)CO4)cc21. The Balaban J connectivity index is 0.974. The molecule has 2 atom stereocenters. The Morgan fingerprint density at radius 1 is 1.04 bits per heavy atom. The van der Waals surface area contributed by atoms with Gasteiger partial charge in [-0.3, -0.25) is 0 Å². The molecule has 3 N–H and O–H groups in total. The summed E-state index contributed by atoms with van der Waals surface area (Å²) in [5, 5.41) is 23.5. The number of piperidine rings is 1. The Bertz CT molecular complexity index is 1610. The number of aliphatic hydroxyl groups excluding tert-OH is 2. The van der Waals surface area contributed by atoms with E-state index in [2.05, 4.69) is 10.3 Å². The summed E-state index contributed by atoms with van der Waals surface area (Å²) in [5.74, 6) is 1.11. The van der Waals surface area contributed by atoms with Crippen LogP contribution in [0.1, 0.15) is 32.1 Å². The molecule has 2 unspecified atom stereocenters. The summed E-state index contributed by atoms with van der Waals surface area (Å²) in [5.41, 5.74) is 0.395. The molecule has 248 valence electrons. The maximum atomic E-state index is 13.5. The highest BCUT2D eigenvalue weighted by molar-refractivity contribution is 7.93. The molecule has 3 fully saturated rings. The largest absolute Gasteiger partial charge is 0.491 e. The van der Waals surface area contributed by atoms with Crippen LogP contribution in [0.2, 0.25) is 0 Å². The minimum absolute atomic E-state index is 0.00173. The molecule has 2 saturated heterocycles. The normalized spacial score (nSPS) is 23.6. The summed E-state index contributed by atoms with van der Waals surface area (Å²) in [4.78, 5) is 8.83. The summed E-state index contributed by atoms with van der Waals surface area (Å²) in [6.45, 7) is 2.61. The highest BCUT2D eigenvalue weighted by atomic mass is 32.2. The maximum Gasteiger partial charge on any atom is 0.244 e. The van der Waals surface area contributed by atoms with Crippen LogP contribution in [0, 0.1) is 0 Å². The van der Waals surface area contributed by atoms with Crippen LogP contribution in [0.5, 0.6) is 5.75 Å². The number of hydrogen-bond acceptors (Lipinski definition) is 12. The molecule has 1 spiro atoms. The zero-order valence-corrected chi connectivity index (χ0v) is 27.4. The Morgan fingerprint density at radius 2 is 1.78 bits per heavy atom. The zero-order chi connectivity index (χ0) is 32.0. The Kier molecular flexibility index (Phi) is 8.82. The van der Waals surface area contributed by atoms with Crippen molar-refractivity contribution >= 4 is 31.4 Å². The Labute approximate surface area is 265 Å². The van der Waals surface area contributed by atoms with Gasteiger partial charge in [0.2, 0.25) is 10.0 Å². The number of sulfonamides is 1. The lowest BCUT2D eigenvalue weighted by atomic mass is 9.88. The fourth-order valence-corrected chi connectivity index (χ4v) is 9.71. The molecule has 13 nitrogen and oxygen atoms in total. The first-order chi connectivity index (χ1) is 21.4. The number of anilines is 2. The van der Waals surface area contributed by atoms with Crippen LogP contribution in [0.15, 0.2) is 46.3 Å². The van der Waals surface area contributed by atoms with E-state index in [1.807, 2.05) is 23.9 Å². The second-order valence-electron chi connectivity index (χ2n) is 12.8. The predicted octanol–water partition coefficient (Wildman–Crippen LogP) is 0.608. The van der Waals surface area contributed by atoms with Gasteiger partial charge < -0.3 is 34.8 Å². The third kappa shape index (κ3) is 6.27. The van der Waals surface area contributed by atoms with Crippen molar-refractivity contribution in [2.75, 3.05) is 76.4 Å².